The highest BCUT2D eigenvalue weighted by Gasteiger charge is 2.30. The molecule has 2 aromatic carbocycles. The molecule has 0 spiro atoms. The molecule has 4 rings (SSSR count). The molecule has 304 valence electrons. The molecule has 13 nitrogen and oxygen atoms in total. The van der Waals surface area contributed by atoms with Crippen molar-refractivity contribution in [3.05, 3.63) is 75.8 Å². The summed E-state index contributed by atoms with van der Waals surface area (Å²) in [6.45, 7) is 9.20. The smallest absolute Gasteiger partial charge is 0.291 e. The Kier molecular flexibility index (Phi) is 15.7. The van der Waals surface area contributed by atoms with Gasteiger partial charge in [-0.15, -0.1) is 0 Å². The number of anilines is 1. The zero-order valence-electron chi connectivity index (χ0n) is 33.3. The Morgan fingerprint density at radius 2 is 1.73 bits per heavy atom. The Balaban J connectivity index is 1.43. The van der Waals surface area contributed by atoms with Crippen molar-refractivity contribution in [3.63, 3.8) is 0 Å². The third-order valence-electron chi connectivity index (χ3n) is 10.4. The van der Waals surface area contributed by atoms with Gasteiger partial charge in [0.05, 0.1) is 49.3 Å². The molecule has 56 heavy (non-hydrogen) atoms. The average molecular weight is 800 g/mol. The Bertz CT molecular complexity index is 1940. The maximum absolute atomic E-state index is 15.7. The fourth-order valence-electron chi connectivity index (χ4n) is 6.82. The highest BCUT2D eigenvalue weighted by Crippen LogP contribution is 2.32. The van der Waals surface area contributed by atoms with E-state index in [0.717, 1.165) is 19.4 Å². The second-order valence-electron chi connectivity index (χ2n) is 14.2. The summed E-state index contributed by atoms with van der Waals surface area (Å²) >= 11 is 6.55. The molecular formula is C40H54ClF2N8O5+. The summed E-state index contributed by atoms with van der Waals surface area (Å²) in [5, 5.41) is 20.3. The van der Waals surface area contributed by atoms with Crippen LogP contribution in [0, 0.1) is 23.0 Å². The summed E-state index contributed by atoms with van der Waals surface area (Å²) in [6.07, 6.45) is 2.72. The summed E-state index contributed by atoms with van der Waals surface area (Å²) in [5.41, 5.74) is 1.43. The first kappa shape index (κ1) is 44.0. The number of amides is 3. The van der Waals surface area contributed by atoms with E-state index in [-0.39, 0.29) is 68.9 Å². The molecule has 4 N–H and O–H groups in total. The number of ether oxygens (including phenoxy) is 1. The molecule has 0 bridgehead atoms. The van der Waals surface area contributed by atoms with Crippen LogP contribution in [0.1, 0.15) is 60.2 Å². The lowest BCUT2D eigenvalue weighted by molar-refractivity contribution is -0.880. The predicted octanol–water partition coefficient (Wildman–Crippen LogP) is 3.83. The van der Waals surface area contributed by atoms with Gasteiger partial charge in [0.2, 0.25) is 5.91 Å². The summed E-state index contributed by atoms with van der Waals surface area (Å²) in [7, 11) is 6.85. The maximum atomic E-state index is 15.7. The van der Waals surface area contributed by atoms with Crippen molar-refractivity contribution in [2.45, 2.75) is 33.6 Å². The number of quaternary nitrogens is 1. The second kappa shape index (κ2) is 19.9. The van der Waals surface area contributed by atoms with Crippen molar-refractivity contribution in [1.29, 1.82) is 5.41 Å². The zero-order chi connectivity index (χ0) is 41.3. The minimum absolute atomic E-state index is 0.0620. The van der Waals surface area contributed by atoms with Gasteiger partial charge in [-0.1, -0.05) is 24.6 Å². The lowest BCUT2D eigenvalue weighted by Gasteiger charge is -2.36. The number of halogens is 3. The number of aromatic nitrogens is 2. The third-order valence-corrected chi connectivity index (χ3v) is 10.7. The van der Waals surface area contributed by atoms with Crippen molar-refractivity contribution >= 4 is 46.3 Å². The number of aliphatic hydroxyl groups excluding tert-OH is 1. The van der Waals surface area contributed by atoms with Crippen molar-refractivity contribution in [2.75, 3.05) is 85.5 Å². The number of allylic oxidation sites excluding steroid dienone is 2. The Morgan fingerprint density at radius 1 is 1.07 bits per heavy atom. The fraction of sp³-hybridized carbons (Fsp3) is 0.475. The number of carbonyl (C=O) groups excluding carboxylic acids is 3. The van der Waals surface area contributed by atoms with Crippen LogP contribution in [-0.2, 0) is 16.6 Å². The van der Waals surface area contributed by atoms with Gasteiger partial charge in [0, 0.05) is 100 Å². The number of methoxy groups -OCH3 is 1. The van der Waals surface area contributed by atoms with Gasteiger partial charge in [-0.2, -0.15) is 0 Å². The monoisotopic (exact) mass is 799 g/mol. The van der Waals surface area contributed by atoms with E-state index in [1.165, 1.54) is 53.9 Å². The molecule has 1 saturated heterocycles. The molecule has 2 unspecified atom stereocenters. The quantitative estimate of drug-likeness (QED) is 0.152. The van der Waals surface area contributed by atoms with Crippen molar-refractivity contribution in [2.24, 2.45) is 13.0 Å². The van der Waals surface area contributed by atoms with Crippen LogP contribution in [0.3, 0.4) is 0 Å². The molecule has 0 saturated carbocycles. The summed E-state index contributed by atoms with van der Waals surface area (Å²) in [4.78, 5) is 50.6. The number of piperazine rings is 1. The number of aliphatic hydroxyl groups is 1. The normalized spacial score (nSPS) is 14.6. The lowest BCUT2D eigenvalue weighted by atomic mass is 9.96. The SMILES string of the molecule is CCC(CC[NH+](C)CCO)C(=O)N1CCN(C(=O)c2ccc(NC(=O)c3ncc(-c4ccc(/C(C(C)=N)=C(\C)N(C)CCOC)c(F)c4F)n3C)cc2Cl)CC1. The summed E-state index contributed by atoms with van der Waals surface area (Å²) < 4.78 is 37.9. The molecule has 2 atom stereocenters. The third kappa shape index (κ3) is 10.2. The van der Waals surface area contributed by atoms with Crippen LogP contribution in [0.2, 0.25) is 5.02 Å². The van der Waals surface area contributed by atoms with Crippen molar-refractivity contribution < 1.29 is 37.9 Å². The van der Waals surface area contributed by atoms with Gasteiger partial charge >= 0.3 is 0 Å². The van der Waals surface area contributed by atoms with Gasteiger partial charge in [-0.05, 0) is 44.5 Å². The molecule has 3 amide bonds. The van der Waals surface area contributed by atoms with Crippen molar-refractivity contribution in [1.82, 2.24) is 24.3 Å². The minimum Gasteiger partial charge on any atom is -0.391 e. The predicted molar refractivity (Wildman–Crippen MR) is 213 cm³/mol. The van der Waals surface area contributed by atoms with Crippen LogP contribution < -0.4 is 10.2 Å². The van der Waals surface area contributed by atoms with Crippen molar-refractivity contribution in [3.8, 4) is 11.3 Å². The van der Waals surface area contributed by atoms with Crippen LogP contribution in [-0.4, -0.2) is 133 Å². The highest BCUT2D eigenvalue weighted by atomic mass is 35.5. The number of benzene rings is 2. The zero-order valence-corrected chi connectivity index (χ0v) is 34.0. The average Bonchev–Trinajstić information content (AvgIpc) is 3.56. The van der Waals surface area contributed by atoms with Crippen LogP contribution in [0.5, 0.6) is 0 Å². The second-order valence-corrected chi connectivity index (χ2v) is 14.6. The van der Waals surface area contributed by atoms with E-state index in [4.69, 9.17) is 26.9 Å². The molecule has 1 aliphatic heterocycles. The highest BCUT2D eigenvalue weighted by molar-refractivity contribution is 6.34. The fourth-order valence-corrected chi connectivity index (χ4v) is 7.08. The standard InChI is InChI=1S/C40H53ClF2N8O5/c1-8-27(13-14-47(4)19-21-52)39(54)50-15-17-51(18-16-50)40(55)29-10-9-28(23-32(29)41)46-38(53)37-45-24-33(49(37)6)30-11-12-31(36(43)35(30)42)34(25(2)44)26(3)48(5)20-22-56-7/h9-12,23-24,27,44,52H,8,13-22H2,1-7H3,(H,46,53)/p+1/b34-26+,44-25?. The van der Waals surface area contributed by atoms with Crippen LogP contribution in [0.15, 0.2) is 42.2 Å². The molecule has 16 heteroatoms. The van der Waals surface area contributed by atoms with Crippen LogP contribution >= 0.6 is 11.6 Å². The number of imidazole rings is 1. The molecule has 0 aliphatic carbocycles. The van der Waals surface area contributed by atoms with E-state index in [9.17, 15) is 14.4 Å². The van der Waals surface area contributed by atoms with E-state index >= 15 is 8.78 Å². The Labute approximate surface area is 332 Å². The summed E-state index contributed by atoms with van der Waals surface area (Å²) in [6, 6.07) is 7.33. The molecule has 1 fully saturated rings. The van der Waals surface area contributed by atoms with E-state index in [1.54, 1.807) is 36.9 Å². The first-order valence-corrected chi connectivity index (χ1v) is 19.1. The largest absolute Gasteiger partial charge is 0.391 e. The lowest BCUT2D eigenvalue weighted by Crippen LogP contribution is -3.09. The van der Waals surface area contributed by atoms with Crippen LogP contribution in [0.25, 0.3) is 16.8 Å². The minimum atomic E-state index is -1.15. The van der Waals surface area contributed by atoms with Gasteiger partial charge in [0.1, 0.15) is 6.54 Å². The van der Waals surface area contributed by atoms with Gasteiger partial charge in [0.15, 0.2) is 17.5 Å². The Morgan fingerprint density at radius 3 is 2.34 bits per heavy atom. The maximum Gasteiger partial charge on any atom is 0.291 e. The van der Waals surface area contributed by atoms with Gasteiger partial charge < -0.3 is 44.7 Å². The van der Waals surface area contributed by atoms with E-state index in [2.05, 4.69) is 10.3 Å². The molecule has 3 aromatic rings. The number of likely N-dealkylation sites (N-methyl/N-ethyl adjacent to an activating group) is 2. The van der Waals surface area contributed by atoms with Gasteiger partial charge in [-0.3, -0.25) is 14.4 Å². The van der Waals surface area contributed by atoms with E-state index in [0.29, 0.717) is 57.3 Å². The molecule has 0 radical (unpaired) electrons. The Hall–Kier alpha value is -4.70. The number of hydrogen-bond acceptors (Lipinski definition) is 8. The van der Waals surface area contributed by atoms with E-state index in [1.807, 2.05) is 18.9 Å². The number of rotatable bonds is 17. The number of hydrogen-bond donors (Lipinski definition) is 4. The van der Waals surface area contributed by atoms with E-state index < -0.39 is 17.5 Å². The molecular weight excluding hydrogens is 746 g/mol. The first-order chi connectivity index (χ1) is 26.6. The van der Waals surface area contributed by atoms with Crippen LogP contribution in [0.4, 0.5) is 14.5 Å². The molecule has 2 heterocycles. The van der Waals surface area contributed by atoms with Gasteiger partial charge in [-0.25, -0.2) is 13.8 Å². The summed E-state index contributed by atoms with van der Waals surface area (Å²) in [5.74, 6) is -3.32. The molecule has 1 aromatic heterocycles. The number of nitrogens with one attached hydrogen (secondary N) is 3. The number of nitrogens with zero attached hydrogens (tertiary/aromatic N) is 5. The van der Waals surface area contributed by atoms with Gasteiger partial charge in [0.25, 0.3) is 11.8 Å². The molecule has 1 aliphatic rings. The number of carbonyl (C=O) groups is 3. The topological polar surface area (TPSA) is 149 Å². The first-order valence-electron chi connectivity index (χ1n) is 18.7.